The summed E-state index contributed by atoms with van der Waals surface area (Å²) in [7, 11) is -2.28. The Morgan fingerprint density at radius 3 is 1.62 bits per heavy atom. The topological polar surface area (TPSA) is 9.23 Å². The van der Waals surface area contributed by atoms with Gasteiger partial charge in [-0.15, -0.1) is 0 Å². The van der Waals surface area contributed by atoms with Crippen molar-refractivity contribution in [2.75, 3.05) is 0 Å². The van der Waals surface area contributed by atoms with Crippen molar-refractivity contribution in [3.8, 4) is 0 Å². The van der Waals surface area contributed by atoms with Gasteiger partial charge in [0.1, 0.15) is 0 Å². The van der Waals surface area contributed by atoms with E-state index >= 15 is 0 Å². The van der Waals surface area contributed by atoms with Gasteiger partial charge in [-0.3, -0.25) is 0 Å². The molecular weight excluding hydrogens is 368 g/mol. The molecule has 0 amide bonds. The summed E-state index contributed by atoms with van der Waals surface area (Å²) in [5.41, 5.74) is -1.35. The Kier molecular flexibility index (Phi) is 5.66. The molecule has 0 aliphatic heterocycles. The van der Waals surface area contributed by atoms with Crippen LogP contribution < -0.4 is 0 Å². The van der Waals surface area contributed by atoms with E-state index in [0.717, 1.165) is 0 Å². The van der Waals surface area contributed by atoms with Crippen molar-refractivity contribution >= 4 is 24.2 Å². The normalized spacial score (nSPS) is 12.9. The maximum Gasteiger partial charge on any atom is 0.192 e. The van der Waals surface area contributed by atoms with Gasteiger partial charge in [-0.05, 0) is 18.1 Å². The number of halogens is 5. The van der Waals surface area contributed by atoms with E-state index in [0.29, 0.717) is 0 Å². The largest absolute Gasteiger partial charge is 0.412 e. The van der Waals surface area contributed by atoms with Crippen LogP contribution in [0, 0.1) is 23.3 Å². The van der Waals surface area contributed by atoms with E-state index in [1.807, 2.05) is 33.9 Å². The Hall–Kier alpha value is -0.403. The van der Waals surface area contributed by atoms with Crippen LogP contribution >= 0.6 is 15.9 Å². The standard InChI is InChI=1S/C14H19BrF4OSi/c1-14(2,3)21(4,5)20-7-9-12(18)10(16)8(6-15)11(17)13(9)19/h6-7H2,1-5H3. The molecule has 0 N–H and O–H groups in total. The first kappa shape index (κ1) is 18.6. The van der Waals surface area contributed by atoms with Crippen LogP contribution in [0.5, 0.6) is 0 Å². The van der Waals surface area contributed by atoms with Crippen LogP contribution in [0.1, 0.15) is 31.9 Å². The lowest BCUT2D eigenvalue weighted by atomic mass is 10.1. The highest BCUT2D eigenvalue weighted by atomic mass is 79.9. The maximum absolute atomic E-state index is 13.9. The first-order valence-electron chi connectivity index (χ1n) is 6.47. The number of hydrogen-bond donors (Lipinski definition) is 0. The van der Waals surface area contributed by atoms with E-state index in [4.69, 9.17) is 4.43 Å². The van der Waals surface area contributed by atoms with Gasteiger partial charge in [0.05, 0.1) is 12.2 Å². The fraction of sp³-hybridized carbons (Fsp3) is 0.571. The van der Waals surface area contributed by atoms with Crippen LogP contribution in [0.2, 0.25) is 18.1 Å². The fourth-order valence-corrected chi connectivity index (χ4v) is 2.87. The Morgan fingerprint density at radius 2 is 1.29 bits per heavy atom. The summed E-state index contributed by atoms with van der Waals surface area (Å²) in [4.78, 5) is 0. The predicted octanol–water partition coefficient (Wildman–Crippen LogP) is 5.66. The SMILES string of the molecule is CC(C)(C)[Si](C)(C)OCc1c(F)c(F)c(CBr)c(F)c1F. The number of rotatable bonds is 4. The summed E-state index contributed by atoms with van der Waals surface area (Å²) < 4.78 is 60.8. The van der Waals surface area contributed by atoms with Gasteiger partial charge in [-0.1, -0.05) is 36.7 Å². The monoisotopic (exact) mass is 386 g/mol. The van der Waals surface area contributed by atoms with E-state index in [2.05, 4.69) is 15.9 Å². The van der Waals surface area contributed by atoms with E-state index in [1.54, 1.807) is 0 Å². The van der Waals surface area contributed by atoms with Crippen molar-refractivity contribution in [1.82, 2.24) is 0 Å². The molecule has 1 rings (SSSR count). The first-order chi connectivity index (χ1) is 9.44. The molecule has 0 aliphatic carbocycles. The van der Waals surface area contributed by atoms with Gasteiger partial charge in [-0.25, -0.2) is 17.6 Å². The van der Waals surface area contributed by atoms with Gasteiger partial charge in [-0.2, -0.15) is 0 Å². The molecule has 0 bridgehead atoms. The average Bonchev–Trinajstić information content (AvgIpc) is 2.35. The van der Waals surface area contributed by atoms with Gasteiger partial charge in [0, 0.05) is 10.9 Å². The van der Waals surface area contributed by atoms with E-state index in [9.17, 15) is 17.6 Å². The minimum Gasteiger partial charge on any atom is -0.412 e. The summed E-state index contributed by atoms with van der Waals surface area (Å²) in [6, 6.07) is 0. The molecule has 0 aliphatic rings. The van der Waals surface area contributed by atoms with Crippen molar-refractivity contribution in [3.63, 3.8) is 0 Å². The smallest absolute Gasteiger partial charge is 0.192 e. The molecule has 120 valence electrons. The molecule has 0 spiro atoms. The summed E-state index contributed by atoms with van der Waals surface area (Å²) in [5.74, 6) is -5.52. The van der Waals surface area contributed by atoms with Crippen molar-refractivity contribution < 1.29 is 22.0 Å². The molecule has 0 aromatic heterocycles. The van der Waals surface area contributed by atoms with Gasteiger partial charge in [0.25, 0.3) is 0 Å². The van der Waals surface area contributed by atoms with Crippen LogP contribution in [0.4, 0.5) is 17.6 Å². The second kappa shape index (κ2) is 6.38. The van der Waals surface area contributed by atoms with Gasteiger partial charge < -0.3 is 4.43 Å². The zero-order valence-corrected chi connectivity index (χ0v) is 15.3. The van der Waals surface area contributed by atoms with E-state index < -0.39 is 49.3 Å². The predicted molar refractivity (Wildman–Crippen MR) is 80.9 cm³/mol. The van der Waals surface area contributed by atoms with Crippen molar-refractivity contribution in [1.29, 1.82) is 0 Å². The second-order valence-corrected chi connectivity index (χ2v) is 11.8. The highest BCUT2D eigenvalue weighted by Crippen LogP contribution is 2.37. The lowest BCUT2D eigenvalue weighted by Gasteiger charge is -2.36. The zero-order chi connectivity index (χ0) is 16.6. The molecule has 1 nitrogen and oxygen atoms in total. The average molecular weight is 387 g/mol. The molecule has 1 aromatic rings. The van der Waals surface area contributed by atoms with Gasteiger partial charge >= 0.3 is 0 Å². The van der Waals surface area contributed by atoms with Crippen LogP contribution in [0.3, 0.4) is 0 Å². The van der Waals surface area contributed by atoms with E-state index in [1.165, 1.54) is 0 Å². The van der Waals surface area contributed by atoms with Gasteiger partial charge in [0.15, 0.2) is 31.6 Å². The first-order valence-corrected chi connectivity index (χ1v) is 10.5. The third-order valence-electron chi connectivity index (χ3n) is 3.96. The summed E-state index contributed by atoms with van der Waals surface area (Å²) >= 11 is 2.81. The lowest BCUT2D eigenvalue weighted by molar-refractivity contribution is 0.259. The minimum absolute atomic E-state index is 0.174. The third-order valence-corrected chi connectivity index (χ3v) is 9.00. The molecule has 0 fully saturated rings. The van der Waals surface area contributed by atoms with Crippen LogP contribution in [0.15, 0.2) is 0 Å². The van der Waals surface area contributed by atoms with Gasteiger partial charge in [0.2, 0.25) is 0 Å². The van der Waals surface area contributed by atoms with Crippen molar-refractivity contribution in [2.24, 2.45) is 0 Å². The lowest BCUT2D eigenvalue weighted by Crippen LogP contribution is -2.40. The molecule has 0 saturated heterocycles. The molecule has 21 heavy (non-hydrogen) atoms. The zero-order valence-electron chi connectivity index (χ0n) is 12.7. The van der Waals surface area contributed by atoms with Crippen molar-refractivity contribution in [3.05, 3.63) is 34.4 Å². The molecule has 7 heteroatoms. The fourth-order valence-electron chi connectivity index (χ4n) is 1.44. The number of hydrogen-bond acceptors (Lipinski definition) is 1. The third kappa shape index (κ3) is 3.68. The molecule has 0 heterocycles. The highest BCUT2D eigenvalue weighted by molar-refractivity contribution is 9.08. The van der Waals surface area contributed by atoms with E-state index in [-0.39, 0.29) is 10.4 Å². The molecule has 0 unspecified atom stereocenters. The van der Waals surface area contributed by atoms with Crippen LogP contribution in [0.25, 0.3) is 0 Å². The van der Waals surface area contributed by atoms with Crippen LogP contribution in [-0.2, 0) is 16.4 Å². The van der Waals surface area contributed by atoms with Crippen LogP contribution in [-0.4, -0.2) is 8.32 Å². The maximum atomic E-state index is 13.9. The molecular formula is C14H19BrF4OSi. The second-order valence-electron chi connectivity index (χ2n) is 6.40. The Balaban J connectivity index is 3.17. The molecule has 0 atom stereocenters. The Labute approximate surface area is 131 Å². The quantitative estimate of drug-likeness (QED) is 0.280. The summed E-state index contributed by atoms with van der Waals surface area (Å²) in [6.07, 6.45) is 0. The summed E-state index contributed by atoms with van der Waals surface area (Å²) in [6.45, 7) is 9.18. The minimum atomic E-state index is -2.28. The Bertz CT molecular complexity index is 512. The number of alkyl halides is 1. The highest BCUT2D eigenvalue weighted by Gasteiger charge is 2.38. The number of benzene rings is 1. The van der Waals surface area contributed by atoms with Crippen molar-refractivity contribution in [2.45, 2.75) is 50.8 Å². The molecule has 1 aromatic carbocycles. The molecule has 0 saturated carbocycles. The summed E-state index contributed by atoms with van der Waals surface area (Å²) in [5, 5.41) is -0.477. The Morgan fingerprint density at radius 1 is 0.905 bits per heavy atom. The molecule has 0 radical (unpaired) electrons.